The Kier molecular flexibility index (Phi) is 3.46. The summed E-state index contributed by atoms with van der Waals surface area (Å²) < 4.78 is 1.38. The average molecular weight is 316 g/mol. The van der Waals surface area contributed by atoms with Crippen LogP contribution in [0.25, 0.3) is 17.2 Å². The van der Waals surface area contributed by atoms with Gasteiger partial charge in [0.25, 0.3) is 11.3 Å². The van der Waals surface area contributed by atoms with Gasteiger partial charge in [-0.2, -0.15) is 9.50 Å². The Morgan fingerprint density at radius 1 is 1.00 bits per heavy atom. The maximum absolute atomic E-state index is 12.3. The third kappa shape index (κ3) is 2.72. The maximum atomic E-state index is 12.3. The van der Waals surface area contributed by atoms with Gasteiger partial charge in [0.15, 0.2) is 5.82 Å². The molecule has 0 spiro atoms. The van der Waals surface area contributed by atoms with E-state index < -0.39 is 0 Å². The molecule has 0 bridgehead atoms. The van der Waals surface area contributed by atoms with Gasteiger partial charge in [-0.3, -0.25) is 9.89 Å². The van der Waals surface area contributed by atoms with E-state index in [0.717, 1.165) is 16.8 Å². The molecule has 2 aromatic carbocycles. The first-order valence-electron chi connectivity index (χ1n) is 7.79. The molecule has 0 atom stereocenters. The van der Waals surface area contributed by atoms with Gasteiger partial charge in [0.05, 0.1) is 5.69 Å². The number of aryl methyl sites for hydroxylation is 1. The predicted molar refractivity (Wildman–Crippen MR) is 93.0 cm³/mol. The lowest BCUT2D eigenvalue weighted by molar-refractivity contribution is 0.882. The summed E-state index contributed by atoms with van der Waals surface area (Å²) >= 11 is 0. The van der Waals surface area contributed by atoms with Crippen LogP contribution in [0.5, 0.6) is 0 Å². The Labute approximate surface area is 138 Å². The van der Waals surface area contributed by atoms with E-state index in [4.69, 9.17) is 0 Å². The predicted octanol–water partition coefficient (Wildman–Crippen LogP) is 2.98. The minimum atomic E-state index is -0.156. The van der Waals surface area contributed by atoms with Gasteiger partial charge in [0.1, 0.15) is 0 Å². The lowest BCUT2D eigenvalue weighted by atomic mass is 10.1. The van der Waals surface area contributed by atoms with E-state index in [9.17, 15) is 4.79 Å². The molecule has 24 heavy (non-hydrogen) atoms. The molecule has 0 saturated carbocycles. The number of aromatic nitrogens is 4. The number of H-pyrrole nitrogens is 1. The fourth-order valence-corrected chi connectivity index (χ4v) is 2.66. The fraction of sp³-hybridized carbons (Fsp3) is 0.105. The number of fused-ring (bicyclic) bond motifs is 1. The molecule has 0 unspecified atom stereocenters. The lowest BCUT2D eigenvalue weighted by Gasteiger charge is -2.01. The highest BCUT2D eigenvalue weighted by Crippen LogP contribution is 2.14. The van der Waals surface area contributed by atoms with E-state index >= 15 is 0 Å². The molecule has 0 aliphatic heterocycles. The molecule has 0 fully saturated rings. The van der Waals surface area contributed by atoms with Gasteiger partial charge in [-0.15, -0.1) is 0 Å². The summed E-state index contributed by atoms with van der Waals surface area (Å²) in [5, 5.41) is 3.01. The number of nitrogens with one attached hydrogen (secondary N) is 1. The first-order valence-corrected chi connectivity index (χ1v) is 7.79. The van der Waals surface area contributed by atoms with E-state index in [0.29, 0.717) is 18.0 Å². The SMILES string of the molecule is Cc1ccc(Cc2cc(=O)n3[nH]c(-c4ccccc4)nc3n2)cc1. The molecule has 5 nitrogen and oxygen atoms in total. The molecular weight excluding hydrogens is 300 g/mol. The van der Waals surface area contributed by atoms with Crippen LogP contribution in [-0.4, -0.2) is 19.6 Å². The fourth-order valence-electron chi connectivity index (χ4n) is 2.66. The number of hydrogen-bond donors (Lipinski definition) is 1. The van der Waals surface area contributed by atoms with Crippen molar-refractivity contribution in [1.29, 1.82) is 0 Å². The molecule has 0 amide bonds. The molecule has 0 aliphatic carbocycles. The van der Waals surface area contributed by atoms with Crippen molar-refractivity contribution >= 4 is 5.78 Å². The summed E-state index contributed by atoms with van der Waals surface area (Å²) in [6.45, 7) is 2.05. The minimum absolute atomic E-state index is 0.156. The normalized spacial score (nSPS) is 11.0. The molecule has 0 saturated heterocycles. The van der Waals surface area contributed by atoms with Crippen LogP contribution >= 0.6 is 0 Å². The summed E-state index contributed by atoms with van der Waals surface area (Å²) in [6, 6.07) is 19.5. The monoisotopic (exact) mass is 316 g/mol. The van der Waals surface area contributed by atoms with Crippen molar-refractivity contribution in [3.05, 3.63) is 87.8 Å². The van der Waals surface area contributed by atoms with Crippen LogP contribution in [-0.2, 0) is 6.42 Å². The van der Waals surface area contributed by atoms with Crippen LogP contribution < -0.4 is 5.56 Å². The Balaban J connectivity index is 1.74. The zero-order valence-corrected chi connectivity index (χ0v) is 13.2. The van der Waals surface area contributed by atoms with Crippen LogP contribution in [0.1, 0.15) is 16.8 Å². The van der Waals surface area contributed by atoms with Gasteiger partial charge in [-0.1, -0.05) is 60.2 Å². The Hall–Kier alpha value is -3.21. The zero-order valence-electron chi connectivity index (χ0n) is 13.2. The number of hydrogen-bond acceptors (Lipinski definition) is 3. The van der Waals surface area contributed by atoms with Crippen LogP contribution in [0.2, 0.25) is 0 Å². The molecule has 2 aromatic heterocycles. The number of rotatable bonds is 3. The average Bonchev–Trinajstić information content (AvgIpc) is 3.03. The molecule has 2 heterocycles. The molecule has 4 aromatic rings. The van der Waals surface area contributed by atoms with Gasteiger partial charge >= 0.3 is 0 Å². The molecule has 4 rings (SSSR count). The molecule has 5 heteroatoms. The minimum Gasteiger partial charge on any atom is -0.271 e. The molecular formula is C19H16N4O. The quantitative estimate of drug-likeness (QED) is 0.632. The van der Waals surface area contributed by atoms with Crippen molar-refractivity contribution in [2.45, 2.75) is 13.3 Å². The highest BCUT2D eigenvalue weighted by molar-refractivity contribution is 5.56. The summed E-state index contributed by atoms with van der Waals surface area (Å²) in [7, 11) is 0. The highest BCUT2D eigenvalue weighted by atomic mass is 16.1. The zero-order chi connectivity index (χ0) is 16.5. The van der Waals surface area contributed by atoms with Crippen LogP contribution in [0.15, 0.2) is 65.5 Å². The summed E-state index contributed by atoms with van der Waals surface area (Å²) in [6.07, 6.45) is 0.611. The van der Waals surface area contributed by atoms with Crippen LogP contribution in [0.4, 0.5) is 0 Å². The molecule has 0 aliphatic rings. The van der Waals surface area contributed by atoms with Crippen molar-refractivity contribution in [3.63, 3.8) is 0 Å². The van der Waals surface area contributed by atoms with E-state index in [2.05, 4.69) is 46.3 Å². The van der Waals surface area contributed by atoms with Crippen molar-refractivity contribution < 1.29 is 0 Å². The van der Waals surface area contributed by atoms with Crippen LogP contribution in [0, 0.1) is 6.92 Å². The molecule has 118 valence electrons. The number of nitrogens with zero attached hydrogens (tertiary/aromatic N) is 3. The summed E-state index contributed by atoms with van der Waals surface area (Å²) in [5.41, 5.74) is 3.81. The Morgan fingerprint density at radius 2 is 1.75 bits per heavy atom. The van der Waals surface area contributed by atoms with Gasteiger partial charge in [0, 0.05) is 18.1 Å². The number of benzene rings is 2. The van der Waals surface area contributed by atoms with Crippen molar-refractivity contribution in [2.75, 3.05) is 0 Å². The molecule has 0 radical (unpaired) electrons. The van der Waals surface area contributed by atoms with E-state index in [1.165, 1.54) is 10.1 Å². The standard InChI is InChI=1S/C19H16N4O/c1-13-7-9-14(10-8-13)11-16-12-17(24)23-19(20-16)21-18(22-23)15-5-3-2-4-6-15/h2-10,12H,11H2,1H3,(H,20,21,22). The van der Waals surface area contributed by atoms with E-state index in [1.54, 1.807) is 6.07 Å². The second-order valence-corrected chi connectivity index (χ2v) is 5.82. The first kappa shape index (κ1) is 14.4. The van der Waals surface area contributed by atoms with Gasteiger partial charge in [-0.05, 0) is 12.5 Å². The van der Waals surface area contributed by atoms with Crippen molar-refractivity contribution in [1.82, 2.24) is 19.6 Å². The summed E-state index contributed by atoms with van der Waals surface area (Å²) in [5.74, 6) is 1.02. The largest absolute Gasteiger partial charge is 0.274 e. The van der Waals surface area contributed by atoms with Crippen molar-refractivity contribution in [2.24, 2.45) is 0 Å². The third-order valence-electron chi connectivity index (χ3n) is 3.94. The topological polar surface area (TPSA) is 63.0 Å². The smallest absolute Gasteiger partial charge is 0.271 e. The first-order chi connectivity index (χ1) is 11.7. The van der Waals surface area contributed by atoms with Gasteiger partial charge in [-0.25, -0.2) is 4.98 Å². The van der Waals surface area contributed by atoms with Gasteiger partial charge < -0.3 is 0 Å². The Morgan fingerprint density at radius 3 is 2.50 bits per heavy atom. The maximum Gasteiger partial charge on any atom is 0.274 e. The van der Waals surface area contributed by atoms with Gasteiger partial charge in [0.2, 0.25) is 0 Å². The van der Waals surface area contributed by atoms with E-state index in [1.807, 2.05) is 30.3 Å². The molecule has 1 N–H and O–H groups in total. The number of aromatic amines is 1. The Bertz CT molecular complexity index is 1050. The second-order valence-electron chi connectivity index (χ2n) is 5.82. The third-order valence-corrected chi connectivity index (χ3v) is 3.94. The van der Waals surface area contributed by atoms with Crippen molar-refractivity contribution in [3.8, 4) is 11.4 Å². The lowest BCUT2D eigenvalue weighted by Crippen LogP contribution is -2.15. The summed E-state index contributed by atoms with van der Waals surface area (Å²) in [4.78, 5) is 21.3. The second kappa shape index (κ2) is 5.77. The van der Waals surface area contributed by atoms with E-state index in [-0.39, 0.29) is 5.56 Å². The van der Waals surface area contributed by atoms with Crippen LogP contribution in [0.3, 0.4) is 0 Å². The highest BCUT2D eigenvalue weighted by Gasteiger charge is 2.09.